The highest BCUT2D eigenvalue weighted by molar-refractivity contribution is 5.80. The number of nitrogens with zero attached hydrogens (tertiary/aromatic N) is 2. The molecule has 0 aliphatic carbocycles. The van der Waals surface area contributed by atoms with Crippen molar-refractivity contribution >= 4 is 10.9 Å². The maximum absolute atomic E-state index is 3.67. The summed E-state index contributed by atoms with van der Waals surface area (Å²) in [7, 11) is 2.29. The molecule has 2 atom stereocenters. The number of hydrogen-bond acceptors (Lipinski definition) is 2. The van der Waals surface area contributed by atoms with Crippen molar-refractivity contribution in [2.45, 2.75) is 24.9 Å². The zero-order chi connectivity index (χ0) is 16.8. The number of aromatic nitrogens is 1. The highest BCUT2D eigenvalue weighted by Gasteiger charge is 2.36. The van der Waals surface area contributed by atoms with E-state index in [0.29, 0.717) is 12.1 Å². The van der Waals surface area contributed by atoms with E-state index in [-0.39, 0.29) is 0 Å². The summed E-state index contributed by atoms with van der Waals surface area (Å²) >= 11 is 0. The first-order valence-electron chi connectivity index (χ1n) is 9.42. The number of benzene rings is 2. The second-order valence-corrected chi connectivity index (χ2v) is 7.55. The SMILES string of the molecule is CN1CC(c2cc3ccccc3[nH]2)c2ccccc2C1N1CCCC1. The van der Waals surface area contributed by atoms with Crippen molar-refractivity contribution in [1.82, 2.24) is 14.8 Å². The van der Waals surface area contributed by atoms with Crippen LogP contribution in [0.1, 0.15) is 41.7 Å². The first-order chi connectivity index (χ1) is 12.3. The van der Waals surface area contributed by atoms with Gasteiger partial charge in [0.15, 0.2) is 0 Å². The topological polar surface area (TPSA) is 22.3 Å². The Morgan fingerprint density at radius 1 is 0.920 bits per heavy atom. The van der Waals surface area contributed by atoms with Crippen LogP contribution in [-0.4, -0.2) is 41.5 Å². The first-order valence-corrected chi connectivity index (χ1v) is 9.42. The van der Waals surface area contributed by atoms with E-state index in [0.717, 1.165) is 6.54 Å². The van der Waals surface area contributed by atoms with Gasteiger partial charge in [0.05, 0.1) is 6.17 Å². The molecular weight excluding hydrogens is 306 g/mol. The molecule has 3 nitrogen and oxygen atoms in total. The van der Waals surface area contributed by atoms with Gasteiger partial charge in [-0.05, 0) is 61.6 Å². The van der Waals surface area contributed by atoms with Gasteiger partial charge in [0.1, 0.15) is 0 Å². The average Bonchev–Trinajstić information content (AvgIpc) is 3.30. The molecule has 2 unspecified atom stereocenters. The number of aromatic amines is 1. The summed E-state index contributed by atoms with van der Waals surface area (Å²) in [5.74, 6) is 0.410. The monoisotopic (exact) mass is 331 g/mol. The largest absolute Gasteiger partial charge is 0.358 e. The highest BCUT2D eigenvalue weighted by Crippen LogP contribution is 2.41. The third-order valence-electron chi connectivity index (χ3n) is 5.95. The third-order valence-corrected chi connectivity index (χ3v) is 5.95. The minimum atomic E-state index is 0.410. The van der Waals surface area contributed by atoms with Gasteiger partial charge in [0.25, 0.3) is 0 Å². The number of para-hydroxylation sites is 1. The standard InChI is InChI=1S/C22H25N3/c1-24-15-19(21-14-16-8-2-5-11-20(16)23-21)17-9-3-4-10-18(17)22(24)25-12-6-7-13-25/h2-5,8-11,14,19,22-23H,6-7,12-13,15H2,1H3. The van der Waals surface area contributed by atoms with Crippen molar-refractivity contribution in [3.63, 3.8) is 0 Å². The molecule has 2 aliphatic rings. The van der Waals surface area contributed by atoms with Gasteiger partial charge in [-0.25, -0.2) is 0 Å². The Morgan fingerprint density at radius 2 is 1.64 bits per heavy atom. The lowest BCUT2D eigenvalue weighted by molar-refractivity contribution is 0.0666. The quantitative estimate of drug-likeness (QED) is 0.755. The van der Waals surface area contributed by atoms with Crippen LogP contribution in [-0.2, 0) is 0 Å². The summed E-state index contributed by atoms with van der Waals surface area (Å²) < 4.78 is 0. The number of nitrogens with one attached hydrogen (secondary N) is 1. The summed E-state index contributed by atoms with van der Waals surface area (Å²) in [5, 5.41) is 1.30. The van der Waals surface area contributed by atoms with Gasteiger partial charge in [-0.3, -0.25) is 9.80 Å². The van der Waals surface area contributed by atoms with Gasteiger partial charge in [0.2, 0.25) is 0 Å². The lowest BCUT2D eigenvalue weighted by Gasteiger charge is -2.43. The Kier molecular flexibility index (Phi) is 3.65. The van der Waals surface area contributed by atoms with Crippen molar-refractivity contribution in [2.75, 3.05) is 26.7 Å². The molecule has 0 bridgehead atoms. The molecule has 5 rings (SSSR count). The average molecular weight is 331 g/mol. The van der Waals surface area contributed by atoms with Crippen molar-refractivity contribution < 1.29 is 0 Å². The van der Waals surface area contributed by atoms with E-state index in [9.17, 15) is 0 Å². The molecule has 1 aromatic heterocycles. The predicted molar refractivity (Wildman–Crippen MR) is 103 cm³/mol. The van der Waals surface area contributed by atoms with Crippen molar-refractivity contribution in [1.29, 1.82) is 0 Å². The normalized spacial score (nSPS) is 24.7. The van der Waals surface area contributed by atoms with Crippen molar-refractivity contribution in [3.8, 4) is 0 Å². The van der Waals surface area contributed by atoms with Gasteiger partial charge in [-0.2, -0.15) is 0 Å². The molecule has 0 amide bonds. The maximum Gasteiger partial charge on any atom is 0.0886 e. The summed E-state index contributed by atoms with van der Waals surface area (Å²) in [6.45, 7) is 3.51. The zero-order valence-corrected chi connectivity index (χ0v) is 14.8. The maximum atomic E-state index is 3.67. The molecule has 3 aromatic rings. The molecule has 2 aromatic carbocycles. The minimum Gasteiger partial charge on any atom is -0.358 e. The second-order valence-electron chi connectivity index (χ2n) is 7.55. The molecule has 0 radical (unpaired) electrons. The van der Waals surface area contributed by atoms with Crippen LogP contribution < -0.4 is 0 Å². The van der Waals surface area contributed by atoms with E-state index in [1.807, 2.05) is 0 Å². The lowest BCUT2D eigenvalue weighted by atomic mass is 9.85. The fourth-order valence-electron chi connectivity index (χ4n) is 4.80. The van der Waals surface area contributed by atoms with Crippen LogP contribution in [0, 0.1) is 0 Å². The van der Waals surface area contributed by atoms with Crippen LogP contribution in [0.25, 0.3) is 10.9 Å². The number of rotatable bonds is 2. The number of hydrogen-bond donors (Lipinski definition) is 1. The summed E-state index contributed by atoms with van der Waals surface area (Å²) in [5.41, 5.74) is 5.55. The zero-order valence-electron chi connectivity index (χ0n) is 14.8. The molecule has 1 N–H and O–H groups in total. The fourth-order valence-corrected chi connectivity index (χ4v) is 4.80. The van der Waals surface area contributed by atoms with Crippen molar-refractivity contribution in [3.05, 3.63) is 71.4 Å². The smallest absolute Gasteiger partial charge is 0.0886 e. The summed E-state index contributed by atoms with van der Waals surface area (Å²) in [6, 6.07) is 20.0. The van der Waals surface area contributed by atoms with Crippen molar-refractivity contribution in [2.24, 2.45) is 0 Å². The second kappa shape index (κ2) is 6.01. The molecular formula is C22H25N3. The summed E-state index contributed by atoms with van der Waals surface area (Å²) in [4.78, 5) is 8.87. The molecule has 2 aliphatic heterocycles. The van der Waals surface area contributed by atoms with E-state index in [1.54, 1.807) is 0 Å². The Bertz CT molecular complexity index is 858. The molecule has 1 saturated heterocycles. The van der Waals surface area contributed by atoms with Gasteiger partial charge < -0.3 is 4.98 Å². The van der Waals surface area contributed by atoms with Crippen LogP contribution in [0.3, 0.4) is 0 Å². The van der Waals surface area contributed by atoms with Gasteiger partial charge in [-0.15, -0.1) is 0 Å². The Labute approximate surface area is 149 Å². The number of fused-ring (bicyclic) bond motifs is 2. The third kappa shape index (κ3) is 2.50. The molecule has 3 heterocycles. The molecule has 25 heavy (non-hydrogen) atoms. The Balaban J connectivity index is 1.59. The van der Waals surface area contributed by atoms with Crippen LogP contribution >= 0.6 is 0 Å². The van der Waals surface area contributed by atoms with Crippen LogP contribution in [0.2, 0.25) is 0 Å². The van der Waals surface area contributed by atoms with E-state index in [2.05, 4.69) is 76.4 Å². The Hall–Kier alpha value is -2.10. The minimum absolute atomic E-state index is 0.410. The number of H-pyrrole nitrogens is 1. The predicted octanol–water partition coefficient (Wildman–Crippen LogP) is 4.34. The van der Waals surface area contributed by atoms with E-state index in [1.165, 1.54) is 53.7 Å². The van der Waals surface area contributed by atoms with Gasteiger partial charge in [-0.1, -0.05) is 42.5 Å². The number of likely N-dealkylation sites (N-methyl/N-ethyl adjacent to an activating group) is 1. The first kappa shape index (κ1) is 15.2. The molecule has 1 fully saturated rings. The van der Waals surface area contributed by atoms with Crippen LogP contribution in [0.4, 0.5) is 0 Å². The van der Waals surface area contributed by atoms with Gasteiger partial charge in [0, 0.05) is 23.7 Å². The lowest BCUT2D eigenvalue weighted by Crippen LogP contribution is -2.44. The van der Waals surface area contributed by atoms with E-state index >= 15 is 0 Å². The van der Waals surface area contributed by atoms with E-state index in [4.69, 9.17) is 0 Å². The Morgan fingerprint density at radius 3 is 2.44 bits per heavy atom. The molecule has 3 heteroatoms. The molecule has 0 spiro atoms. The highest BCUT2D eigenvalue weighted by atomic mass is 15.4. The van der Waals surface area contributed by atoms with Gasteiger partial charge >= 0.3 is 0 Å². The number of likely N-dealkylation sites (tertiary alicyclic amines) is 1. The fraction of sp³-hybridized carbons (Fsp3) is 0.364. The van der Waals surface area contributed by atoms with E-state index < -0.39 is 0 Å². The van der Waals surface area contributed by atoms with Crippen LogP contribution in [0.15, 0.2) is 54.6 Å². The van der Waals surface area contributed by atoms with Crippen LogP contribution in [0.5, 0.6) is 0 Å². The molecule has 0 saturated carbocycles. The molecule has 128 valence electrons. The summed E-state index contributed by atoms with van der Waals surface area (Å²) in [6.07, 6.45) is 3.09.